The van der Waals surface area contributed by atoms with Gasteiger partial charge < -0.3 is 10.1 Å². The molecule has 6 nitrogen and oxygen atoms in total. The summed E-state index contributed by atoms with van der Waals surface area (Å²) in [5.41, 5.74) is 0.386. The third kappa shape index (κ3) is 4.49. The molecule has 0 heterocycles. The van der Waals surface area contributed by atoms with Gasteiger partial charge >= 0.3 is 6.09 Å². The summed E-state index contributed by atoms with van der Waals surface area (Å²) < 4.78 is 5.31. The molecule has 5 aliphatic rings. The predicted molar refractivity (Wildman–Crippen MR) is 151 cm³/mol. The average Bonchev–Trinajstić information content (AvgIpc) is 2.89. The molecule has 0 aromatic carbocycles. The molecule has 5 rings (SSSR count). The lowest BCUT2D eigenvalue weighted by atomic mass is 9.40. The molecular weight excluding hydrogens is 488 g/mol. The van der Waals surface area contributed by atoms with Crippen LogP contribution in [0.2, 0.25) is 0 Å². The van der Waals surface area contributed by atoms with Gasteiger partial charge in [-0.3, -0.25) is 9.59 Å². The zero-order valence-corrected chi connectivity index (χ0v) is 25.3. The van der Waals surface area contributed by atoms with E-state index in [1.807, 2.05) is 39.8 Å². The lowest BCUT2D eigenvalue weighted by Crippen LogP contribution is -2.66. The maximum Gasteiger partial charge on any atom is 0.407 e. The van der Waals surface area contributed by atoms with Crippen LogP contribution in [0, 0.1) is 57.2 Å². The van der Waals surface area contributed by atoms with Crippen molar-refractivity contribution in [2.75, 3.05) is 6.61 Å². The molecule has 0 radical (unpaired) electrons. The molecule has 8 unspecified atom stereocenters. The SMILES string of the molecule is CC.CCOC(=O)NC12CCC3C(C(=O)C=C4C5(C)C=C(C#N)C(=O)C(C)C5CCC43C)C1CC(C)(C)CC2. The van der Waals surface area contributed by atoms with Gasteiger partial charge in [-0.2, -0.15) is 5.26 Å². The Hall–Kier alpha value is -2.42. The fraction of sp³-hybridized carbons (Fsp3) is 0.758. The molecular formula is C33H48N2O4. The molecule has 0 aromatic heterocycles. The maximum absolute atomic E-state index is 14.2. The van der Waals surface area contributed by atoms with Crippen LogP contribution in [0.25, 0.3) is 0 Å². The Morgan fingerprint density at radius 2 is 1.72 bits per heavy atom. The number of alkyl carbamates (subject to hydrolysis) is 1. The highest BCUT2D eigenvalue weighted by atomic mass is 16.5. The number of hydrogen-bond donors (Lipinski definition) is 1. The summed E-state index contributed by atoms with van der Waals surface area (Å²) in [4.78, 5) is 39.7. The minimum atomic E-state index is -0.477. The number of Topliss-reactive ketones (excluding diaryl/α,β-unsaturated/α-hetero) is 1. The van der Waals surface area contributed by atoms with Gasteiger partial charge in [0.1, 0.15) is 6.07 Å². The fourth-order valence-electron chi connectivity index (χ4n) is 9.48. The van der Waals surface area contributed by atoms with Gasteiger partial charge in [-0.05, 0) is 86.5 Å². The van der Waals surface area contributed by atoms with Gasteiger partial charge in [0, 0.05) is 22.8 Å². The summed E-state index contributed by atoms with van der Waals surface area (Å²) in [6.45, 7) is 17.1. The first-order chi connectivity index (χ1) is 18.3. The highest BCUT2D eigenvalue weighted by molar-refractivity contribution is 6.02. The van der Waals surface area contributed by atoms with Gasteiger partial charge in [-0.15, -0.1) is 0 Å². The molecule has 3 fully saturated rings. The topological polar surface area (TPSA) is 96.3 Å². The van der Waals surface area contributed by atoms with Gasteiger partial charge in [0.25, 0.3) is 0 Å². The van der Waals surface area contributed by atoms with Crippen molar-refractivity contribution in [2.24, 2.45) is 45.8 Å². The largest absolute Gasteiger partial charge is 0.450 e. The molecule has 0 saturated heterocycles. The normalized spacial score (nSPS) is 42.0. The highest BCUT2D eigenvalue weighted by Crippen LogP contribution is 2.68. The molecule has 3 saturated carbocycles. The molecule has 5 aliphatic carbocycles. The van der Waals surface area contributed by atoms with Crippen molar-refractivity contribution in [1.29, 1.82) is 5.26 Å². The van der Waals surface area contributed by atoms with Gasteiger partial charge in [0.15, 0.2) is 11.6 Å². The number of fused-ring (bicyclic) bond motifs is 7. The third-order valence-corrected chi connectivity index (χ3v) is 11.3. The molecule has 0 bridgehead atoms. The standard InChI is InChI=1S/C31H42N2O4.C2H6/c1-7-37-27(36)33-31-11-9-21-25(22(31)16-28(3,4)12-13-31)23(34)14-24-29(21,5)10-8-20-18(2)26(35)19(17-32)15-30(20,24)6;1-2/h14-15,18,20-22,25H,7-13,16H2,1-6H3,(H,33,36);1-2H3. The maximum atomic E-state index is 14.2. The summed E-state index contributed by atoms with van der Waals surface area (Å²) in [6.07, 6.45) is 9.75. The van der Waals surface area contributed by atoms with Crippen molar-refractivity contribution in [3.63, 3.8) is 0 Å². The van der Waals surface area contributed by atoms with Crippen LogP contribution in [0.3, 0.4) is 0 Å². The molecule has 6 heteroatoms. The molecule has 0 spiro atoms. The Balaban J connectivity index is 0.00000172. The molecule has 1 N–H and O–H groups in total. The number of amides is 1. The number of nitrogens with one attached hydrogen (secondary N) is 1. The summed E-state index contributed by atoms with van der Waals surface area (Å²) in [5, 5.41) is 13.0. The first kappa shape index (κ1) is 29.6. The van der Waals surface area contributed by atoms with Crippen molar-refractivity contribution in [3.8, 4) is 6.07 Å². The van der Waals surface area contributed by atoms with Crippen molar-refractivity contribution in [2.45, 2.75) is 106 Å². The second kappa shape index (κ2) is 10.2. The number of nitriles is 1. The van der Waals surface area contributed by atoms with Gasteiger partial charge in [0.2, 0.25) is 0 Å². The van der Waals surface area contributed by atoms with Crippen molar-refractivity contribution >= 4 is 17.7 Å². The van der Waals surface area contributed by atoms with Crippen LogP contribution < -0.4 is 5.32 Å². The second-order valence-electron chi connectivity index (χ2n) is 13.8. The Morgan fingerprint density at radius 1 is 1.05 bits per heavy atom. The Kier molecular flexibility index (Phi) is 7.73. The second-order valence-corrected chi connectivity index (χ2v) is 13.8. The monoisotopic (exact) mass is 536 g/mol. The van der Waals surface area contributed by atoms with Crippen molar-refractivity contribution in [3.05, 3.63) is 23.3 Å². The lowest BCUT2D eigenvalue weighted by molar-refractivity contribution is -0.139. The molecule has 1 amide bonds. The molecule has 39 heavy (non-hydrogen) atoms. The van der Waals surface area contributed by atoms with E-state index in [4.69, 9.17) is 4.74 Å². The average molecular weight is 537 g/mol. The summed E-state index contributed by atoms with van der Waals surface area (Å²) in [5.74, 6) is 0.0628. The number of carbonyl (C=O) groups excluding carboxylic acids is 3. The predicted octanol–water partition coefficient (Wildman–Crippen LogP) is 6.95. The third-order valence-electron chi connectivity index (χ3n) is 11.3. The van der Waals surface area contributed by atoms with Crippen LogP contribution in [0.1, 0.15) is 100 Å². The fourth-order valence-corrected chi connectivity index (χ4v) is 9.48. The van der Waals surface area contributed by atoms with E-state index in [-0.39, 0.29) is 63.7 Å². The van der Waals surface area contributed by atoms with Gasteiger partial charge in [-0.1, -0.05) is 60.1 Å². The first-order valence-corrected chi connectivity index (χ1v) is 15.2. The van der Waals surface area contributed by atoms with E-state index in [1.165, 1.54) is 0 Å². The van der Waals surface area contributed by atoms with Gasteiger partial charge in [-0.25, -0.2) is 4.79 Å². The number of hydrogen-bond acceptors (Lipinski definition) is 5. The van der Waals surface area contributed by atoms with E-state index in [9.17, 15) is 19.6 Å². The number of rotatable bonds is 2. The number of carbonyl (C=O) groups is 3. The van der Waals surface area contributed by atoms with Crippen LogP contribution in [-0.4, -0.2) is 29.8 Å². The smallest absolute Gasteiger partial charge is 0.407 e. The number of ether oxygens (including phenoxy) is 1. The first-order valence-electron chi connectivity index (χ1n) is 15.2. The quantitative estimate of drug-likeness (QED) is 0.412. The zero-order valence-electron chi connectivity index (χ0n) is 25.3. The number of nitrogens with zero attached hydrogens (tertiary/aromatic N) is 1. The number of ketones is 2. The van der Waals surface area contributed by atoms with E-state index in [0.29, 0.717) is 6.61 Å². The summed E-state index contributed by atoms with van der Waals surface area (Å²) in [7, 11) is 0. The van der Waals surface area contributed by atoms with E-state index in [0.717, 1.165) is 50.5 Å². The van der Waals surface area contributed by atoms with Crippen molar-refractivity contribution in [1.82, 2.24) is 5.32 Å². The Labute approximate surface area is 235 Å². The van der Waals surface area contributed by atoms with E-state index in [2.05, 4.69) is 39.1 Å². The molecule has 214 valence electrons. The lowest BCUT2D eigenvalue weighted by Gasteiger charge is -2.64. The minimum absolute atomic E-state index is 0.0594. The van der Waals surface area contributed by atoms with Crippen molar-refractivity contribution < 1.29 is 19.1 Å². The summed E-state index contributed by atoms with van der Waals surface area (Å²) in [6, 6.07) is 2.14. The van der Waals surface area contributed by atoms with Crippen LogP contribution >= 0.6 is 0 Å². The van der Waals surface area contributed by atoms with Crippen LogP contribution in [0.15, 0.2) is 23.3 Å². The van der Waals surface area contributed by atoms with Gasteiger partial charge in [0.05, 0.1) is 12.2 Å². The molecule has 0 aliphatic heterocycles. The minimum Gasteiger partial charge on any atom is -0.450 e. The molecule has 0 aromatic rings. The van der Waals surface area contributed by atoms with Crippen LogP contribution in [0.5, 0.6) is 0 Å². The Morgan fingerprint density at radius 3 is 2.36 bits per heavy atom. The molecule has 8 atom stereocenters. The van der Waals surface area contributed by atoms with Crippen LogP contribution in [0.4, 0.5) is 4.79 Å². The summed E-state index contributed by atoms with van der Waals surface area (Å²) >= 11 is 0. The zero-order chi connectivity index (χ0) is 29.0. The highest BCUT2D eigenvalue weighted by Gasteiger charge is 2.64. The Bertz CT molecular complexity index is 1140. The van der Waals surface area contributed by atoms with E-state index < -0.39 is 11.0 Å². The van der Waals surface area contributed by atoms with Crippen LogP contribution in [-0.2, 0) is 14.3 Å². The van der Waals surface area contributed by atoms with E-state index in [1.54, 1.807) is 0 Å². The number of allylic oxidation sites excluding steroid dienone is 4. The van der Waals surface area contributed by atoms with E-state index >= 15 is 0 Å².